The predicted molar refractivity (Wildman–Crippen MR) is 57.8 cm³/mol. The number of nitrogen functional groups attached to an aromatic ring is 1. The Labute approximate surface area is 87.7 Å². The van der Waals surface area contributed by atoms with Crippen LogP contribution < -0.4 is 16.8 Å². The highest BCUT2D eigenvalue weighted by molar-refractivity contribution is 5.84. The van der Waals surface area contributed by atoms with Crippen LogP contribution in [0.2, 0.25) is 0 Å². The van der Waals surface area contributed by atoms with E-state index in [1.807, 2.05) is 6.07 Å². The van der Waals surface area contributed by atoms with Crippen LogP contribution in [0.5, 0.6) is 0 Å². The number of benzene rings is 1. The zero-order chi connectivity index (χ0) is 11.4. The van der Waals surface area contributed by atoms with Crippen LogP contribution in [0.25, 0.3) is 0 Å². The first-order valence-electron chi connectivity index (χ1n) is 4.40. The number of rotatable bonds is 3. The number of hydrogen-bond donors (Lipinski definition) is 3. The molecule has 0 saturated carbocycles. The van der Waals surface area contributed by atoms with Gasteiger partial charge in [-0.2, -0.15) is 5.26 Å². The smallest absolute Gasteiger partial charge is 0.239 e. The number of amides is 1. The van der Waals surface area contributed by atoms with Gasteiger partial charge >= 0.3 is 0 Å². The molecule has 5 N–H and O–H groups in total. The second-order valence-corrected chi connectivity index (χ2v) is 3.18. The molecule has 0 aromatic heterocycles. The molecule has 1 unspecified atom stereocenters. The molecule has 78 valence electrons. The van der Waals surface area contributed by atoms with E-state index >= 15 is 0 Å². The number of primary amides is 1. The summed E-state index contributed by atoms with van der Waals surface area (Å²) >= 11 is 0. The zero-order valence-electron chi connectivity index (χ0n) is 8.32. The minimum atomic E-state index is -0.527. The molecular formula is C10H12N4O. The van der Waals surface area contributed by atoms with Gasteiger partial charge < -0.3 is 16.8 Å². The molecule has 0 fully saturated rings. The van der Waals surface area contributed by atoms with E-state index in [2.05, 4.69) is 5.32 Å². The topological polar surface area (TPSA) is 105 Å². The van der Waals surface area contributed by atoms with E-state index < -0.39 is 11.9 Å². The summed E-state index contributed by atoms with van der Waals surface area (Å²) in [6, 6.07) is 6.25. The third-order valence-corrected chi connectivity index (χ3v) is 1.98. The maximum Gasteiger partial charge on any atom is 0.239 e. The zero-order valence-corrected chi connectivity index (χ0v) is 8.32. The van der Waals surface area contributed by atoms with Crippen LogP contribution in [-0.2, 0) is 4.79 Å². The lowest BCUT2D eigenvalue weighted by Crippen LogP contribution is -2.32. The quantitative estimate of drug-likeness (QED) is 0.620. The molecule has 1 aromatic carbocycles. The number of nitrogens with zero attached hydrogens (tertiary/aromatic N) is 1. The van der Waals surface area contributed by atoms with Gasteiger partial charge in [-0.05, 0) is 25.1 Å². The number of carbonyl (C=O) groups is 1. The van der Waals surface area contributed by atoms with Crippen LogP contribution in [0.4, 0.5) is 11.4 Å². The van der Waals surface area contributed by atoms with Crippen molar-refractivity contribution in [2.75, 3.05) is 11.1 Å². The van der Waals surface area contributed by atoms with Crippen molar-refractivity contribution in [3.05, 3.63) is 23.8 Å². The molecule has 0 saturated heterocycles. The van der Waals surface area contributed by atoms with Crippen molar-refractivity contribution in [1.29, 1.82) is 5.26 Å². The summed E-state index contributed by atoms with van der Waals surface area (Å²) in [5.41, 5.74) is 12.3. The van der Waals surface area contributed by atoms with Crippen molar-refractivity contribution in [2.45, 2.75) is 13.0 Å². The Hall–Kier alpha value is -2.22. The highest BCUT2D eigenvalue weighted by atomic mass is 16.1. The van der Waals surface area contributed by atoms with Crippen molar-refractivity contribution in [1.82, 2.24) is 0 Å². The Bertz CT molecular complexity index is 422. The summed E-state index contributed by atoms with van der Waals surface area (Å²) in [6.45, 7) is 1.63. The van der Waals surface area contributed by atoms with Gasteiger partial charge in [-0.25, -0.2) is 0 Å². The van der Waals surface area contributed by atoms with Crippen LogP contribution in [0.3, 0.4) is 0 Å². The second-order valence-electron chi connectivity index (χ2n) is 3.18. The van der Waals surface area contributed by atoms with Gasteiger partial charge in [0.1, 0.15) is 6.04 Å². The Morgan fingerprint density at radius 1 is 1.60 bits per heavy atom. The Balaban J connectivity index is 2.94. The molecule has 15 heavy (non-hydrogen) atoms. The fourth-order valence-electron chi connectivity index (χ4n) is 1.06. The Kier molecular flexibility index (Phi) is 3.13. The molecule has 0 aliphatic carbocycles. The van der Waals surface area contributed by atoms with Gasteiger partial charge in [-0.1, -0.05) is 0 Å². The molecular weight excluding hydrogens is 192 g/mol. The first-order chi connectivity index (χ1) is 7.04. The van der Waals surface area contributed by atoms with E-state index in [4.69, 9.17) is 16.7 Å². The van der Waals surface area contributed by atoms with Gasteiger partial charge in [0, 0.05) is 0 Å². The molecule has 1 amide bonds. The van der Waals surface area contributed by atoms with Crippen molar-refractivity contribution in [2.24, 2.45) is 5.73 Å². The second kappa shape index (κ2) is 4.33. The molecule has 0 aliphatic rings. The maximum absolute atomic E-state index is 10.8. The van der Waals surface area contributed by atoms with E-state index in [9.17, 15) is 4.79 Å². The lowest BCUT2D eigenvalue weighted by Gasteiger charge is -2.13. The van der Waals surface area contributed by atoms with Crippen molar-refractivity contribution in [3.8, 4) is 6.07 Å². The monoisotopic (exact) mass is 204 g/mol. The first-order valence-corrected chi connectivity index (χ1v) is 4.40. The van der Waals surface area contributed by atoms with E-state index in [0.717, 1.165) is 0 Å². The first kappa shape index (κ1) is 10.9. The fourth-order valence-corrected chi connectivity index (χ4v) is 1.06. The molecule has 1 atom stereocenters. The van der Waals surface area contributed by atoms with Gasteiger partial charge in [0.25, 0.3) is 0 Å². The maximum atomic E-state index is 10.8. The Morgan fingerprint density at radius 2 is 2.27 bits per heavy atom. The molecule has 0 radical (unpaired) electrons. The minimum absolute atomic E-state index is 0.474. The van der Waals surface area contributed by atoms with Gasteiger partial charge in [0.05, 0.1) is 23.0 Å². The number of hydrogen-bond acceptors (Lipinski definition) is 4. The molecule has 1 rings (SSSR count). The van der Waals surface area contributed by atoms with E-state index in [-0.39, 0.29) is 0 Å². The van der Waals surface area contributed by atoms with Crippen LogP contribution in [0.1, 0.15) is 12.5 Å². The summed E-state index contributed by atoms with van der Waals surface area (Å²) in [7, 11) is 0. The predicted octanol–water partition coefficient (Wildman–Crippen LogP) is 0.426. The molecule has 5 heteroatoms. The Morgan fingerprint density at radius 3 is 2.80 bits per heavy atom. The summed E-state index contributed by atoms with van der Waals surface area (Å²) < 4.78 is 0. The normalized spacial score (nSPS) is 11.5. The summed E-state index contributed by atoms with van der Waals surface area (Å²) in [6.07, 6.45) is 0. The number of carbonyl (C=O) groups excluding carboxylic acids is 1. The number of nitriles is 1. The number of nitrogens with one attached hydrogen (secondary N) is 1. The van der Waals surface area contributed by atoms with Gasteiger partial charge in [0.2, 0.25) is 5.91 Å². The van der Waals surface area contributed by atoms with Crippen LogP contribution in [0.15, 0.2) is 18.2 Å². The number of nitrogens with two attached hydrogens (primary N) is 2. The molecule has 1 aromatic rings. The lowest BCUT2D eigenvalue weighted by molar-refractivity contribution is -0.118. The lowest BCUT2D eigenvalue weighted by atomic mass is 10.1. The third kappa shape index (κ3) is 2.61. The van der Waals surface area contributed by atoms with Crippen molar-refractivity contribution < 1.29 is 4.79 Å². The molecule has 5 nitrogen and oxygen atoms in total. The summed E-state index contributed by atoms with van der Waals surface area (Å²) in [5, 5.41) is 11.5. The van der Waals surface area contributed by atoms with Crippen molar-refractivity contribution >= 4 is 17.3 Å². The average molecular weight is 204 g/mol. The summed E-state index contributed by atoms with van der Waals surface area (Å²) in [5.74, 6) is -0.475. The van der Waals surface area contributed by atoms with E-state index in [0.29, 0.717) is 16.9 Å². The van der Waals surface area contributed by atoms with Crippen molar-refractivity contribution in [3.63, 3.8) is 0 Å². The van der Waals surface area contributed by atoms with E-state index in [1.165, 1.54) is 0 Å². The molecule has 0 heterocycles. The molecule has 0 spiro atoms. The molecule has 0 bridgehead atoms. The largest absolute Gasteiger partial charge is 0.397 e. The van der Waals surface area contributed by atoms with Crippen LogP contribution in [-0.4, -0.2) is 11.9 Å². The molecule has 0 aliphatic heterocycles. The number of anilines is 2. The van der Waals surface area contributed by atoms with Gasteiger partial charge in [-0.3, -0.25) is 4.79 Å². The van der Waals surface area contributed by atoms with Gasteiger partial charge in [0.15, 0.2) is 0 Å². The van der Waals surface area contributed by atoms with Crippen LogP contribution >= 0.6 is 0 Å². The SMILES string of the molecule is CC(Nc1cc(C#N)ccc1N)C(N)=O. The van der Waals surface area contributed by atoms with Gasteiger partial charge in [-0.15, -0.1) is 0 Å². The van der Waals surface area contributed by atoms with Crippen LogP contribution in [0, 0.1) is 11.3 Å². The minimum Gasteiger partial charge on any atom is -0.397 e. The summed E-state index contributed by atoms with van der Waals surface area (Å²) in [4.78, 5) is 10.8. The fraction of sp³-hybridized carbons (Fsp3) is 0.200. The standard InChI is InChI=1S/C10H12N4O/c1-6(10(13)15)14-9-4-7(5-11)2-3-8(9)12/h2-4,6,14H,12H2,1H3,(H2,13,15). The highest BCUT2D eigenvalue weighted by Gasteiger charge is 2.09. The third-order valence-electron chi connectivity index (χ3n) is 1.98. The highest BCUT2D eigenvalue weighted by Crippen LogP contribution is 2.20. The van der Waals surface area contributed by atoms with E-state index in [1.54, 1.807) is 25.1 Å². The average Bonchev–Trinajstić information content (AvgIpc) is 2.21.